The molecule has 1 aliphatic carbocycles. The SMILES string of the molecule is Cc1ccc(CN(Cc2ccc(F)cc2)C(=O)CN(C(=O)C2CCCC2)C(C)(C)C)s1. The zero-order chi connectivity index (χ0) is 22.6. The van der Waals surface area contributed by atoms with Gasteiger partial charge < -0.3 is 9.80 Å². The summed E-state index contributed by atoms with van der Waals surface area (Å²) in [6.45, 7) is 8.92. The summed E-state index contributed by atoms with van der Waals surface area (Å²) in [5, 5.41) is 0. The minimum absolute atomic E-state index is 0.0255. The van der Waals surface area contributed by atoms with E-state index in [2.05, 4.69) is 0 Å². The Hall–Kier alpha value is -2.21. The van der Waals surface area contributed by atoms with E-state index in [9.17, 15) is 14.0 Å². The monoisotopic (exact) mass is 444 g/mol. The highest BCUT2D eigenvalue weighted by Crippen LogP contribution is 2.29. The van der Waals surface area contributed by atoms with E-state index in [0.717, 1.165) is 36.1 Å². The fourth-order valence-electron chi connectivity index (χ4n) is 4.07. The molecule has 0 unspecified atom stereocenters. The van der Waals surface area contributed by atoms with Crippen LogP contribution in [-0.2, 0) is 22.7 Å². The van der Waals surface area contributed by atoms with Gasteiger partial charge in [-0.3, -0.25) is 9.59 Å². The molecule has 0 spiro atoms. The van der Waals surface area contributed by atoms with Crippen molar-refractivity contribution in [3.63, 3.8) is 0 Å². The number of rotatable bonds is 7. The lowest BCUT2D eigenvalue weighted by Gasteiger charge is -2.38. The van der Waals surface area contributed by atoms with Crippen LogP contribution in [0, 0.1) is 18.7 Å². The first-order valence-electron chi connectivity index (χ1n) is 11.0. The molecule has 0 N–H and O–H groups in total. The number of hydrogen-bond acceptors (Lipinski definition) is 3. The summed E-state index contributed by atoms with van der Waals surface area (Å²) in [7, 11) is 0. The molecule has 0 atom stereocenters. The summed E-state index contributed by atoms with van der Waals surface area (Å²) in [5.41, 5.74) is 0.434. The highest BCUT2D eigenvalue weighted by Gasteiger charge is 2.35. The van der Waals surface area contributed by atoms with Crippen LogP contribution in [0.5, 0.6) is 0 Å². The summed E-state index contributed by atoms with van der Waals surface area (Å²) in [5.74, 6) is -0.266. The Morgan fingerprint density at radius 1 is 1.03 bits per heavy atom. The molecule has 1 saturated carbocycles. The molecular formula is C25H33FN2O2S. The lowest BCUT2D eigenvalue weighted by Crippen LogP contribution is -2.52. The van der Waals surface area contributed by atoms with Crippen molar-refractivity contribution >= 4 is 23.2 Å². The average molecular weight is 445 g/mol. The third-order valence-electron chi connectivity index (χ3n) is 5.86. The van der Waals surface area contributed by atoms with E-state index >= 15 is 0 Å². The average Bonchev–Trinajstić information content (AvgIpc) is 3.37. The Morgan fingerprint density at radius 3 is 2.23 bits per heavy atom. The lowest BCUT2D eigenvalue weighted by molar-refractivity contribution is -0.148. The normalized spacial score (nSPS) is 14.6. The van der Waals surface area contributed by atoms with Gasteiger partial charge in [0.25, 0.3) is 0 Å². The van der Waals surface area contributed by atoms with Crippen LogP contribution in [0.1, 0.15) is 61.8 Å². The molecule has 0 aliphatic heterocycles. The predicted molar refractivity (Wildman–Crippen MR) is 123 cm³/mol. The molecule has 1 fully saturated rings. The van der Waals surface area contributed by atoms with E-state index in [-0.39, 0.29) is 30.1 Å². The quantitative estimate of drug-likeness (QED) is 0.562. The van der Waals surface area contributed by atoms with E-state index in [1.807, 2.05) is 39.8 Å². The number of halogens is 1. The maximum atomic E-state index is 13.5. The molecule has 0 bridgehead atoms. The molecule has 1 heterocycles. The molecule has 1 aromatic heterocycles. The lowest BCUT2D eigenvalue weighted by atomic mass is 10.00. The van der Waals surface area contributed by atoms with Gasteiger partial charge in [-0.15, -0.1) is 11.3 Å². The molecule has 31 heavy (non-hydrogen) atoms. The van der Waals surface area contributed by atoms with Crippen molar-refractivity contribution in [1.82, 2.24) is 9.80 Å². The number of hydrogen-bond donors (Lipinski definition) is 0. The maximum Gasteiger partial charge on any atom is 0.242 e. The fraction of sp³-hybridized carbons (Fsp3) is 0.520. The minimum Gasteiger partial charge on any atom is -0.332 e. The van der Waals surface area contributed by atoms with Gasteiger partial charge in [0.2, 0.25) is 11.8 Å². The van der Waals surface area contributed by atoms with Crippen molar-refractivity contribution in [2.45, 2.75) is 72.0 Å². The number of amides is 2. The smallest absolute Gasteiger partial charge is 0.242 e. The van der Waals surface area contributed by atoms with Gasteiger partial charge in [-0.25, -0.2) is 4.39 Å². The van der Waals surface area contributed by atoms with Crippen molar-refractivity contribution in [3.05, 3.63) is 57.5 Å². The minimum atomic E-state index is -0.434. The van der Waals surface area contributed by atoms with Crippen LogP contribution in [0.3, 0.4) is 0 Å². The van der Waals surface area contributed by atoms with Gasteiger partial charge in [0.1, 0.15) is 12.4 Å². The summed E-state index contributed by atoms with van der Waals surface area (Å²) in [6.07, 6.45) is 3.98. The highest BCUT2D eigenvalue weighted by atomic mass is 32.1. The third-order valence-corrected chi connectivity index (χ3v) is 6.84. The Kier molecular flexibility index (Phi) is 7.52. The van der Waals surface area contributed by atoms with Crippen molar-refractivity contribution in [2.24, 2.45) is 5.92 Å². The van der Waals surface area contributed by atoms with Crippen LogP contribution < -0.4 is 0 Å². The van der Waals surface area contributed by atoms with Crippen molar-refractivity contribution in [3.8, 4) is 0 Å². The van der Waals surface area contributed by atoms with Crippen molar-refractivity contribution in [2.75, 3.05) is 6.54 Å². The first kappa shape index (κ1) is 23.5. The maximum absolute atomic E-state index is 13.5. The van der Waals surface area contributed by atoms with Crippen molar-refractivity contribution < 1.29 is 14.0 Å². The zero-order valence-electron chi connectivity index (χ0n) is 19.0. The second-order valence-corrected chi connectivity index (χ2v) is 10.8. The molecule has 2 aromatic rings. The van der Waals surface area contributed by atoms with Crippen molar-refractivity contribution in [1.29, 1.82) is 0 Å². The summed E-state index contributed by atoms with van der Waals surface area (Å²) < 4.78 is 13.3. The number of benzene rings is 1. The van der Waals surface area contributed by atoms with Crippen LogP contribution in [0.2, 0.25) is 0 Å². The highest BCUT2D eigenvalue weighted by molar-refractivity contribution is 7.11. The van der Waals surface area contributed by atoms with Gasteiger partial charge in [0, 0.05) is 27.8 Å². The standard InChI is InChI=1S/C25H33FN2O2S/c1-18-9-14-22(31-18)16-27(15-19-10-12-21(26)13-11-19)23(29)17-28(25(2,3)4)24(30)20-7-5-6-8-20/h9-14,20H,5-8,15-17H2,1-4H3. The largest absolute Gasteiger partial charge is 0.332 e. The van der Waals surface area contributed by atoms with Crippen LogP contribution >= 0.6 is 11.3 Å². The van der Waals surface area contributed by atoms with E-state index in [1.165, 1.54) is 17.0 Å². The van der Waals surface area contributed by atoms with E-state index < -0.39 is 5.54 Å². The number of nitrogens with zero attached hydrogens (tertiary/aromatic N) is 2. The molecule has 0 saturated heterocycles. The van der Waals surface area contributed by atoms with E-state index in [0.29, 0.717) is 13.1 Å². The van der Waals surface area contributed by atoms with Crippen LogP contribution in [0.4, 0.5) is 4.39 Å². The van der Waals surface area contributed by atoms with Crippen LogP contribution in [0.25, 0.3) is 0 Å². The molecule has 0 radical (unpaired) electrons. The molecule has 3 rings (SSSR count). The van der Waals surface area contributed by atoms with Gasteiger partial charge in [-0.1, -0.05) is 25.0 Å². The number of thiophene rings is 1. The topological polar surface area (TPSA) is 40.6 Å². The summed E-state index contributed by atoms with van der Waals surface area (Å²) >= 11 is 1.66. The number of aryl methyl sites for hydroxylation is 1. The Balaban J connectivity index is 1.80. The Morgan fingerprint density at radius 2 is 1.68 bits per heavy atom. The molecule has 1 aromatic carbocycles. The summed E-state index contributed by atoms with van der Waals surface area (Å²) in [6, 6.07) is 10.3. The first-order chi connectivity index (χ1) is 14.6. The van der Waals surface area contributed by atoms with Gasteiger partial charge in [-0.05, 0) is 70.4 Å². The Labute approximate surface area is 189 Å². The second-order valence-electron chi connectivity index (χ2n) is 9.47. The first-order valence-corrected chi connectivity index (χ1v) is 11.8. The van der Waals surface area contributed by atoms with Gasteiger partial charge >= 0.3 is 0 Å². The van der Waals surface area contributed by atoms with Gasteiger partial charge in [-0.2, -0.15) is 0 Å². The van der Waals surface area contributed by atoms with E-state index in [4.69, 9.17) is 0 Å². The second kappa shape index (κ2) is 9.94. The molecule has 6 heteroatoms. The Bertz CT molecular complexity index is 895. The molecule has 4 nitrogen and oxygen atoms in total. The number of carbonyl (C=O) groups is 2. The molecule has 168 valence electrons. The number of carbonyl (C=O) groups excluding carboxylic acids is 2. The molecular weight excluding hydrogens is 411 g/mol. The summed E-state index contributed by atoms with van der Waals surface area (Å²) in [4.78, 5) is 32.5. The van der Waals surface area contributed by atoms with Crippen LogP contribution in [0.15, 0.2) is 36.4 Å². The fourth-order valence-corrected chi connectivity index (χ4v) is 4.98. The van der Waals surface area contributed by atoms with E-state index in [1.54, 1.807) is 33.3 Å². The zero-order valence-corrected chi connectivity index (χ0v) is 19.8. The third kappa shape index (κ3) is 6.39. The predicted octanol–water partition coefficient (Wildman–Crippen LogP) is 5.54. The molecule has 2 amide bonds. The molecule has 1 aliphatic rings. The van der Waals surface area contributed by atoms with Gasteiger partial charge in [0.15, 0.2) is 0 Å². The van der Waals surface area contributed by atoms with Gasteiger partial charge in [0.05, 0.1) is 6.54 Å². The van der Waals surface area contributed by atoms with Crippen LogP contribution in [-0.4, -0.2) is 33.7 Å².